The van der Waals surface area contributed by atoms with Crippen molar-refractivity contribution in [2.75, 3.05) is 13.1 Å². The van der Waals surface area contributed by atoms with Gasteiger partial charge < -0.3 is 15.2 Å². The van der Waals surface area contributed by atoms with Gasteiger partial charge in [-0.3, -0.25) is 9.59 Å². The SMILES string of the molecule is Cc1nc(-c2cc(C(N)=O)c(C)n2CCCN2CCCC2=O)cs1. The molecule has 1 saturated heterocycles. The van der Waals surface area contributed by atoms with Gasteiger partial charge in [0.15, 0.2) is 0 Å². The highest BCUT2D eigenvalue weighted by Crippen LogP contribution is 2.27. The van der Waals surface area contributed by atoms with Gasteiger partial charge >= 0.3 is 0 Å². The Hall–Kier alpha value is -2.15. The zero-order valence-electron chi connectivity index (χ0n) is 14.0. The molecule has 3 rings (SSSR count). The lowest BCUT2D eigenvalue weighted by Crippen LogP contribution is -2.26. The van der Waals surface area contributed by atoms with Crippen LogP contribution >= 0.6 is 11.3 Å². The van der Waals surface area contributed by atoms with Gasteiger partial charge in [0.1, 0.15) is 0 Å². The molecule has 2 N–H and O–H groups in total. The third-order valence-electron chi connectivity index (χ3n) is 4.49. The van der Waals surface area contributed by atoms with Crippen molar-refractivity contribution in [3.63, 3.8) is 0 Å². The van der Waals surface area contributed by atoms with E-state index in [1.54, 1.807) is 11.3 Å². The maximum absolute atomic E-state index is 11.7. The number of carbonyl (C=O) groups is 2. The minimum absolute atomic E-state index is 0.243. The Labute approximate surface area is 145 Å². The molecule has 1 fully saturated rings. The van der Waals surface area contributed by atoms with Crippen molar-refractivity contribution < 1.29 is 9.59 Å². The quantitative estimate of drug-likeness (QED) is 0.871. The Morgan fingerprint density at radius 3 is 2.75 bits per heavy atom. The van der Waals surface area contributed by atoms with Crippen LogP contribution in [0, 0.1) is 13.8 Å². The molecule has 3 heterocycles. The van der Waals surface area contributed by atoms with E-state index >= 15 is 0 Å². The second kappa shape index (κ2) is 6.76. The molecule has 2 aromatic rings. The Bertz CT molecular complexity index is 778. The summed E-state index contributed by atoms with van der Waals surface area (Å²) in [6, 6.07) is 1.83. The van der Waals surface area contributed by atoms with Crippen molar-refractivity contribution in [1.82, 2.24) is 14.5 Å². The Morgan fingerprint density at radius 2 is 2.17 bits per heavy atom. The fourth-order valence-electron chi connectivity index (χ4n) is 3.24. The summed E-state index contributed by atoms with van der Waals surface area (Å²) in [6.07, 6.45) is 2.46. The number of carbonyl (C=O) groups excluding carboxylic acids is 2. The average Bonchev–Trinajstić information content (AvgIpc) is 3.21. The summed E-state index contributed by atoms with van der Waals surface area (Å²) < 4.78 is 2.09. The van der Waals surface area contributed by atoms with Crippen molar-refractivity contribution >= 4 is 23.2 Å². The second-order valence-electron chi connectivity index (χ2n) is 6.13. The van der Waals surface area contributed by atoms with Crippen LogP contribution in [0.3, 0.4) is 0 Å². The molecule has 2 amide bonds. The fourth-order valence-corrected chi connectivity index (χ4v) is 3.84. The first-order valence-electron chi connectivity index (χ1n) is 8.17. The van der Waals surface area contributed by atoms with Crippen LogP contribution in [0.2, 0.25) is 0 Å². The predicted molar refractivity (Wildman–Crippen MR) is 94.0 cm³/mol. The molecule has 1 aliphatic rings. The average molecular weight is 346 g/mol. The second-order valence-corrected chi connectivity index (χ2v) is 7.20. The summed E-state index contributed by atoms with van der Waals surface area (Å²) >= 11 is 1.58. The van der Waals surface area contributed by atoms with Crippen LogP contribution in [0.15, 0.2) is 11.4 Å². The Kier molecular flexibility index (Phi) is 4.71. The maximum Gasteiger partial charge on any atom is 0.250 e. The number of nitrogens with zero attached hydrogens (tertiary/aromatic N) is 3. The van der Waals surface area contributed by atoms with Crippen LogP contribution in [0.4, 0.5) is 0 Å². The first kappa shape index (κ1) is 16.7. The van der Waals surface area contributed by atoms with Gasteiger partial charge in [0.25, 0.3) is 5.91 Å². The molecule has 128 valence electrons. The van der Waals surface area contributed by atoms with Gasteiger partial charge in [-0.15, -0.1) is 11.3 Å². The van der Waals surface area contributed by atoms with Crippen LogP contribution < -0.4 is 5.73 Å². The van der Waals surface area contributed by atoms with Crippen LogP contribution in [-0.4, -0.2) is 39.4 Å². The number of aryl methyl sites for hydroxylation is 1. The highest BCUT2D eigenvalue weighted by atomic mass is 32.1. The molecule has 7 heteroatoms. The van der Waals surface area contributed by atoms with Gasteiger partial charge in [-0.1, -0.05) is 0 Å². The normalized spacial score (nSPS) is 14.6. The lowest BCUT2D eigenvalue weighted by atomic mass is 10.2. The minimum atomic E-state index is -0.422. The van der Waals surface area contributed by atoms with Gasteiger partial charge in [0.2, 0.25) is 5.91 Å². The molecule has 24 heavy (non-hydrogen) atoms. The van der Waals surface area contributed by atoms with Gasteiger partial charge in [-0.25, -0.2) is 4.98 Å². The molecule has 0 spiro atoms. The van der Waals surface area contributed by atoms with E-state index in [4.69, 9.17) is 5.73 Å². The van der Waals surface area contributed by atoms with E-state index in [1.165, 1.54) is 0 Å². The summed E-state index contributed by atoms with van der Waals surface area (Å²) in [6.45, 7) is 6.20. The molecule has 0 radical (unpaired) electrons. The van der Waals surface area contributed by atoms with Gasteiger partial charge in [-0.05, 0) is 32.8 Å². The van der Waals surface area contributed by atoms with Gasteiger partial charge in [0, 0.05) is 37.1 Å². The van der Waals surface area contributed by atoms with Crippen molar-refractivity contribution in [3.8, 4) is 11.4 Å². The van der Waals surface area contributed by atoms with Gasteiger partial charge in [-0.2, -0.15) is 0 Å². The first-order chi connectivity index (χ1) is 11.5. The smallest absolute Gasteiger partial charge is 0.250 e. The number of hydrogen-bond acceptors (Lipinski definition) is 4. The molecule has 2 aromatic heterocycles. The van der Waals surface area contributed by atoms with Crippen molar-refractivity contribution in [1.29, 1.82) is 0 Å². The summed E-state index contributed by atoms with van der Waals surface area (Å²) in [5.41, 5.74) is 8.68. The molecule has 0 aliphatic carbocycles. The first-order valence-corrected chi connectivity index (χ1v) is 9.05. The number of aromatic nitrogens is 2. The number of hydrogen-bond donors (Lipinski definition) is 1. The lowest BCUT2D eigenvalue weighted by molar-refractivity contribution is -0.127. The zero-order chi connectivity index (χ0) is 17.3. The molecule has 0 unspecified atom stereocenters. The van der Waals surface area contributed by atoms with Crippen LogP contribution in [0.5, 0.6) is 0 Å². The summed E-state index contributed by atoms with van der Waals surface area (Å²) in [5.74, 6) is -0.179. The van der Waals surface area contributed by atoms with Crippen molar-refractivity contribution in [2.45, 2.75) is 39.7 Å². The van der Waals surface area contributed by atoms with Crippen molar-refractivity contribution in [2.24, 2.45) is 5.73 Å². The van der Waals surface area contributed by atoms with Crippen molar-refractivity contribution in [3.05, 3.63) is 27.7 Å². The molecule has 6 nitrogen and oxygen atoms in total. The monoisotopic (exact) mass is 346 g/mol. The molecule has 1 aliphatic heterocycles. The van der Waals surface area contributed by atoms with E-state index in [2.05, 4.69) is 9.55 Å². The van der Waals surface area contributed by atoms with Gasteiger partial charge in [0.05, 0.1) is 22.0 Å². The topological polar surface area (TPSA) is 81.2 Å². The summed E-state index contributed by atoms with van der Waals surface area (Å²) in [7, 11) is 0. The molecular weight excluding hydrogens is 324 g/mol. The van der Waals surface area contributed by atoms with E-state index in [0.29, 0.717) is 12.0 Å². The third-order valence-corrected chi connectivity index (χ3v) is 5.27. The highest BCUT2D eigenvalue weighted by molar-refractivity contribution is 7.09. The maximum atomic E-state index is 11.7. The fraction of sp³-hybridized carbons (Fsp3) is 0.471. The molecule has 0 bridgehead atoms. The lowest BCUT2D eigenvalue weighted by Gasteiger charge is -2.17. The standard InChI is InChI=1S/C17H22N4O2S/c1-11-13(17(18)23)9-15(14-10-24-12(2)19-14)21(11)8-4-7-20-6-3-5-16(20)22/h9-10H,3-8H2,1-2H3,(H2,18,23). The Morgan fingerprint density at radius 1 is 1.38 bits per heavy atom. The number of nitrogens with two attached hydrogens (primary N) is 1. The summed E-state index contributed by atoms with van der Waals surface area (Å²) in [4.78, 5) is 29.9. The molecular formula is C17H22N4O2S. The number of primary amides is 1. The predicted octanol–water partition coefficient (Wildman–Crippen LogP) is 2.34. The van der Waals surface area contributed by atoms with Crippen LogP contribution in [-0.2, 0) is 11.3 Å². The third kappa shape index (κ3) is 3.21. The zero-order valence-corrected chi connectivity index (χ0v) is 14.9. The summed E-state index contributed by atoms with van der Waals surface area (Å²) in [5, 5.41) is 2.98. The van der Waals surface area contributed by atoms with E-state index in [9.17, 15) is 9.59 Å². The Balaban J connectivity index is 1.82. The molecule has 0 aromatic carbocycles. The number of thiazole rings is 1. The molecule has 0 atom stereocenters. The number of likely N-dealkylation sites (tertiary alicyclic amines) is 1. The molecule has 0 saturated carbocycles. The largest absolute Gasteiger partial charge is 0.366 e. The van der Waals surface area contributed by atoms with E-state index in [0.717, 1.165) is 54.6 Å². The van der Waals surface area contributed by atoms with Crippen LogP contribution in [0.25, 0.3) is 11.4 Å². The van der Waals surface area contributed by atoms with E-state index < -0.39 is 5.91 Å². The highest BCUT2D eigenvalue weighted by Gasteiger charge is 2.21. The van der Waals surface area contributed by atoms with E-state index in [-0.39, 0.29) is 5.91 Å². The minimum Gasteiger partial charge on any atom is -0.366 e. The number of amides is 2. The number of rotatable bonds is 6. The van der Waals surface area contributed by atoms with Crippen LogP contribution in [0.1, 0.15) is 40.3 Å². The van der Waals surface area contributed by atoms with E-state index in [1.807, 2.05) is 30.2 Å².